The van der Waals surface area contributed by atoms with Crippen molar-refractivity contribution in [1.82, 2.24) is 9.62 Å². The molecule has 1 saturated heterocycles. The van der Waals surface area contributed by atoms with E-state index in [2.05, 4.69) is 21.2 Å². The average molecular weight is 497 g/mol. The van der Waals surface area contributed by atoms with E-state index in [9.17, 15) is 13.2 Å². The molecule has 2 aromatic rings. The molecule has 1 amide bonds. The van der Waals surface area contributed by atoms with Crippen molar-refractivity contribution < 1.29 is 22.7 Å². The molecule has 1 aliphatic heterocycles. The fourth-order valence-corrected chi connectivity index (χ4v) is 5.48. The highest BCUT2D eigenvalue weighted by Crippen LogP contribution is 2.24. The molecule has 162 valence electrons. The zero-order valence-electron chi connectivity index (χ0n) is 17.1. The molecule has 0 radical (unpaired) electrons. The second-order valence-electron chi connectivity index (χ2n) is 7.25. The van der Waals surface area contributed by atoms with E-state index in [0.29, 0.717) is 5.75 Å². The van der Waals surface area contributed by atoms with Crippen LogP contribution in [0.2, 0.25) is 0 Å². The van der Waals surface area contributed by atoms with E-state index in [1.54, 1.807) is 19.2 Å². The fourth-order valence-electron chi connectivity index (χ4n) is 3.44. The first-order valence-electron chi connectivity index (χ1n) is 9.57. The van der Waals surface area contributed by atoms with Crippen molar-refractivity contribution in [2.45, 2.75) is 37.5 Å². The number of benzene rings is 2. The maximum Gasteiger partial charge on any atom is 0.251 e. The number of nitrogens with zero attached hydrogens (tertiary/aromatic N) is 1. The van der Waals surface area contributed by atoms with Gasteiger partial charge in [-0.05, 0) is 50.2 Å². The average Bonchev–Trinajstić information content (AvgIpc) is 2.71. The molecule has 0 bridgehead atoms. The SMILES string of the molecule is COc1ccc(Br)cc1CNC(=O)c1cccc(S(=O)(=O)N2CC(C)OC(C)C2)c1. The van der Waals surface area contributed by atoms with Crippen molar-refractivity contribution in [3.8, 4) is 5.75 Å². The lowest BCUT2D eigenvalue weighted by Crippen LogP contribution is -2.48. The highest BCUT2D eigenvalue weighted by atomic mass is 79.9. The van der Waals surface area contributed by atoms with E-state index < -0.39 is 10.0 Å². The van der Waals surface area contributed by atoms with E-state index in [-0.39, 0.29) is 48.2 Å². The number of nitrogens with one attached hydrogen (secondary N) is 1. The van der Waals surface area contributed by atoms with E-state index in [4.69, 9.17) is 9.47 Å². The zero-order chi connectivity index (χ0) is 21.9. The van der Waals surface area contributed by atoms with Gasteiger partial charge in [-0.2, -0.15) is 4.31 Å². The Morgan fingerprint density at radius 2 is 1.90 bits per heavy atom. The number of sulfonamides is 1. The van der Waals surface area contributed by atoms with Crippen molar-refractivity contribution >= 4 is 31.9 Å². The normalized spacial score (nSPS) is 20.0. The molecule has 0 saturated carbocycles. The van der Waals surface area contributed by atoms with Crippen LogP contribution in [-0.4, -0.2) is 51.0 Å². The van der Waals surface area contributed by atoms with Gasteiger partial charge in [0.15, 0.2) is 0 Å². The van der Waals surface area contributed by atoms with Crippen LogP contribution < -0.4 is 10.1 Å². The standard InChI is InChI=1S/C21H25BrN2O5S/c1-14-12-24(13-15(2)29-14)30(26,27)19-6-4-5-16(10-19)21(25)23-11-17-9-18(22)7-8-20(17)28-3/h4-10,14-15H,11-13H2,1-3H3,(H,23,25). The van der Waals surface area contributed by atoms with Crippen molar-refractivity contribution in [3.63, 3.8) is 0 Å². The van der Waals surface area contributed by atoms with Gasteiger partial charge in [0.25, 0.3) is 5.91 Å². The highest BCUT2D eigenvalue weighted by molar-refractivity contribution is 9.10. The number of halogens is 1. The van der Waals surface area contributed by atoms with Gasteiger partial charge >= 0.3 is 0 Å². The number of hydrogen-bond acceptors (Lipinski definition) is 5. The molecule has 0 aromatic heterocycles. The molecular formula is C21H25BrN2O5S. The fraction of sp³-hybridized carbons (Fsp3) is 0.381. The van der Waals surface area contributed by atoms with Crippen molar-refractivity contribution in [2.24, 2.45) is 0 Å². The maximum atomic E-state index is 13.1. The Morgan fingerprint density at radius 1 is 1.20 bits per heavy atom. The molecule has 2 atom stereocenters. The van der Waals surface area contributed by atoms with Crippen molar-refractivity contribution in [1.29, 1.82) is 0 Å². The number of carbonyl (C=O) groups excluding carboxylic acids is 1. The predicted molar refractivity (Wildman–Crippen MR) is 117 cm³/mol. The molecule has 2 unspecified atom stereocenters. The second kappa shape index (κ2) is 9.47. The molecule has 0 aliphatic carbocycles. The van der Waals surface area contributed by atoms with Crippen LogP contribution >= 0.6 is 15.9 Å². The predicted octanol–water partition coefficient (Wildman–Crippen LogP) is 3.19. The third-order valence-electron chi connectivity index (χ3n) is 4.80. The Hall–Kier alpha value is -1.94. The molecule has 2 aromatic carbocycles. The highest BCUT2D eigenvalue weighted by Gasteiger charge is 2.32. The first-order valence-corrected chi connectivity index (χ1v) is 11.8. The number of rotatable bonds is 6. The summed E-state index contributed by atoms with van der Waals surface area (Å²) >= 11 is 3.41. The number of morpholine rings is 1. The lowest BCUT2D eigenvalue weighted by molar-refractivity contribution is -0.0440. The molecule has 1 aliphatic rings. The van der Waals surface area contributed by atoms with Gasteiger partial charge in [0.1, 0.15) is 5.75 Å². The smallest absolute Gasteiger partial charge is 0.251 e. The summed E-state index contributed by atoms with van der Waals surface area (Å²) in [5.74, 6) is 0.295. The lowest BCUT2D eigenvalue weighted by Gasteiger charge is -2.34. The Labute approximate surface area is 185 Å². The lowest BCUT2D eigenvalue weighted by atomic mass is 10.1. The van der Waals surface area contributed by atoms with Gasteiger partial charge in [-0.25, -0.2) is 8.42 Å². The summed E-state index contributed by atoms with van der Waals surface area (Å²) in [5.41, 5.74) is 1.08. The second-order valence-corrected chi connectivity index (χ2v) is 10.1. The van der Waals surface area contributed by atoms with Crippen LogP contribution in [0.4, 0.5) is 0 Å². The molecule has 7 nitrogen and oxygen atoms in total. The van der Waals surface area contributed by atoms with Gasteiger partial charge in [0.2, 0.25) is 10.0 Å². The van der Waals surface area contributed by atoms with Crippen LogP contribution in [0.25, 0.3) is 0 Å². The summed E-state index contributed by atoms with van der Waals surface area (Å²) in [5, 5.41) is 2.82. The molecular weight excluding hydrogens is 472 g/mol. The van der Waals surface area contributed by atoms with E-state index in [1.807, 2.05) is 32.0 Å². The summed E-state index contributed by atoms with van der Waals surface area (Å²) < 4.78 is 39.4. The van der Waals surface area contributed by atoms with Gasteiger partial charge < -0.3 is 14.8 Å². The first kappa shape index (κ1) is 22.7. The first-order chi connectivity index (χ1) is 14.2. The third-order valence-corrected chi connectivity index (χ3v) is 7.12. The number of hydrogen-bond donors (Lipinski definition) is 1. The molecule has 0 spiro atoms. The van der Waals surface area contributed by atoms with Crippen molar-refractivity contribution in [3.05, 3.63) is 58.1 Å². The molecule has 3 rings (SSSR count). The third kappa shape index (κ3) is 5.21. The number of methoxy groups -OCH3 is 1. The largest absolute Gasteiger partial charge is 0.496 e. The van der Waals surface area contributed by atoms with Crippen LogP contribution in [0.3, 0.4) is 0 Å². The summed E-state index contributed by atoms with van der Waals surface area (Å²) in [4.78, 5) is 12.8. The number of carbonyl (C=O) groups is 1. The van der Waals surface area contributed by atoms with Crippen molar-refractivity contribution in [2.75, 3.05) is 20.2 Å². The molecule has 9 heteroatoms. The summed E-state index contributed by atoms with van der Waals surface area (Å²) in [6.45, 7) is 4.50. The topological polar surface area (TPSA) is 84.9 Å². The molecule has 30 heavy (non-hydrogen) atoms. The van der Waals surface area contributed by atoms with Crippen LogP contribution in [0.5, 0.6) is 5.75 Å². The zero-order valence-corrected chi connectivity index (χ0v) is 19.5. The Morgan fingerprint density at radius 3 is 2.57 bits per heavy atom. The van der Waals surface area contributed by atoms with Crippen LogP contribution in [0, 0.1) is 0 Å². The van der Waals surface area contributed by atoms with Crippen LogP contribution in [0.15, 0.2) is 51.8 Å². The van der Waals surface area contributed by atoms with E-state index >= 15 is 0 Å². The van der Waals surface area contributed by atoms with Crippen LogP contribution in [0.1, 0.15) is 29.8 Å². The Kier molecular flexibility index (Phi) is 7.18. The Bertz CT molecular complexity index is 1020. The molecule has 1 heterocycles. The van der Waals surface area contributed by atoms with Gasteiger partial charge in [0.05, 0.1) is 24.2 Å². The number of ether oxygens (including phenoxy) is 2. The Balaban J connectivity index is 1.76. The van der Waals surface area contributed by atoms with Gasteiger partial charge in [0, 0.05) is 35.2 Å². The summed E-state index contributed by atoms with van der Waals surface area (Å²) in [6, 6.07) is 11.6. The van der Waals surface area contributed by atoms with Gasteiger partial charge in [-0.15, -0.1) is 0 Å². The van der Waals surface area contributed by atoms with E-state index in [1.165, 1.54) is 16.4 Å². The molecule has 1 N–H and O–H groups in total. The monoisotopic (exact) mass is 496 g/mol. The van der Waals surface area contributed by atoms with E-state index in [0.717, 1.165) is 10.0 Å². The minimum absolute atomic E-state index is 0.0940. The van der Waals surface area contributed by atoms with Gasteiger partial charge in [-0.3, -0.25) is 4.79 Å². The van der Waals surface area contributed by atoms with Crippen LogP contribution in [-0.2, 0) is 21.3 Å². The summed E-state index contributed by atoms with van der Waals surface area (Å²) in [7, 11) is -2.15. The maximum absolute atomic E-state index is 13.1. The molecule has 1 fully saturated rings. The summed E-state index contributed by atoms with van der Waals surface area (Å²) in [6.07, 6.45) is -0.370. The minimum Gasteiger partial charge on any atom is -0.496 e. The number of amides is 1. The minimum atomic E-state index is -3.72. The van der Waals surface area contributed by atoms with Gasteiger partial charge in [-0.1, -0.05) is 22.0 Å². The quantitative estimate of drug-likeness (QED) is 0.663.